The standard InChI is InChI=1S/C20H30N4O2/c1-6-20(4,5)15-7-9-16(10-8-15)22-18(25)12-24-19(26)17(11-21)13(2)14(3)23-24/h15-16H,6-10,12H2,1-5H3,(H,22,25). The van der Waals surface area contributed by atoms with Crippen LogP contribution in [0, 0.1) is 36.5 Å². The number of carbonyl (C=O) groups is 1. The van der Waals surface area contributed by atoms with E-state index in [1.54, 1.807) is 13.8 Å². The van der Waals surface area contributed by atoms with Gasteiger partial charge in [-0.05, 0) is 56.4 Å². The summed E-state index contributed by atoms with van der Waals surface area (Å²) in [5, 5.41) is 16.4. The Morgan fingerprint density at radius 2 is 1.92 bits per heavy atom. The van der Waals surface area contributed by atoms with Crippen molar-refractivity contribution in [3.63, 3.8) is 0 Å². The Morgan fingerprint density at radius 1 is 1.31 bits per heavy atom. The summed E-state index contributed by atoms with van der Waals surface area (Å²) in [6, 6.07) is 2.08. The van der Waals surface area contributed by atoms with Crippen LogP contribution in [0.4, 0.5) is 0 Å². The Bertz CT molecular complexity index is 765. The summed E-state index contributed by atoms with van der Waals surface area (Å²) in [6.07, 6.45) is 5.34. The van der Waals surface area contributed by atoms with Crippen LogP contribution < -0.4 is 10.9 Å². The third-order valence-corrected chi connectivity index (χ3v) is 6.15. The zero-order valence-corrected chi connectivity index (χ0v) is 16.6. The predicted molar refractivity (Wildman–Crippen MR) is 101 cm³/mol. The zero-order valence-electron chi connectivity index (χ0n) is 16.6. The first-order valence-electron chi connectivity index (χ1n) is 9.47. The van der Waals surface area contributed by atoms with Crippen LogP contribution in [-0.4, -0.2) is 21.7 Å². The van der Waals surface area contributed by atoms with Crippen LogP contribution in [0.25, 0.3) is 0 Å². The van der Waals surface area contributed by atoms with Gasteiger partial charge in [-0.15, -0.1) is 0 Å². The van der Waals surface area contributed by atoms with Crippen molar-refractivity contribution >= 4 is 5.91 Å². The van der Waals surface area contributed by atoms with Crippen LogP contribution in [-0.2, 0) is 11.3 Å². The number of hydrogen-bond acceptors (Lipinski definition) is 4. The van der Waals surface area contributed by atoms with E-state index in [0.29, 0.717) is 22.6 Å². The van der Waals surface area contributed by atoms with Crippen molar-refractivity contribution in [2.45, 2.75) is 79.3 Å². The first-order valence-corrected chi connectivity index (χ1v) is 9.47. The Morgan fingerprint density at radius 3 is 2.46 bits per heavy atom. The quantitative estimate of drug-likeness (QED) is 0.876. The molecule has 1 fully saturated rings. The monoisotopic (exact) mass is 358 g/mol. The van der Waals surface area contributed by atoms with E-state index < -0.39 is 5.56 Å². The summed E-state index contributed by atoms with van der Waals surface area (Å²) < 4.78 is 1.10. The summed E-state index contributed by atoms with van der Waals surface area (Å²) in [5.41, 5.74) is 1.08. The van der Waals surface area contributed by atoms with E-state index in [1.165, 1.54) is 0 Å². The van der Waals surface area contributed by atoms with Crippen molar-refractivity contribution in [3.05, 3.63) is 27.2 Å². The van der Waals surface area contributed by atoms with Crippen LogP contribution in [0.1, 0.15) is 69.7 Å². The van der Waals surface area contributed by atoms with Gasteiger partial charge >= 0.3 is 0 Å². The molecule has 0 atom stereocenters. The molecule has 2 rings (SSSR count). The molecule has 1 aliphatic carbocycles. The highest BCUT2D eigenvalue weighted by molar-refractivity contribution is 5.76. The molecule has 0 aromatic carbocycles. The molecule has 0 bridgehead atoms. The number of nitriles is 1. The van der Waals surface area contributed by atoms with Gasteiger partial charge in [-0.1, -0.05) is 27.2 Å². The lowest BCUT2D eigenvalue weighted by Crippen LogP contribution is -2.43. The van der Waals surface area contributed by atoms with Crippen LogP contribution in [0.3, 0.4) is 0 Å². The van der Waals surface area contributed by atoms with Crippen LogP contribution >= 0.6 is 0 Å². The van der Waals surface area contributed by atoms with Gasteiger partial charge < -0.3 is 5.32 Å². The maximum atomic E-state index is 12.4. The molecule has 0 spiro atoms. The Labute approximate surface area is 155 Å². The largest absolute Gasteiger partial charge is 0.352 e. The highest BCUT2D eigenvalue weighted by Gasteiger charge is 2.32. The second-order valence-electron chi connectivity index (χ2n) is 8.12. The number of amides is 1. The average Bonchev–Trinajstić information content (AvgIpc) is 2.60. The summed E-state index contributed by atoms with van der Waals surface area (Å²) >= 11 is 0. The smallest absolute Gasteiger partial charge is 0.285 e. The molecule has 142 valence electrons. The van der Waals surface area contributed by atoms with E-state index in [2.05, 4.69) is 31.2 Å². The Hall–Kier alpha value is -2.16. The van der Waals surface area contributed by atoms with Gasteiger partial charge in [-0.2, -0.15) is 10.4 Å². The highest BCUT2D eigenvalue weighted by Crippen LogP contribution is 2.40. The molecule has 1 aromatic heterocycles. The summed E-state index contributed by atoms with van der Waals surface area (Å²) in [5.74, 6) is 0.479. The second-order valence-corrected chi connectivity index (χ2v) is 8.12. The van der Waals surface area contributed by atoms with Gasteiger partial charge in [-0.3, -0.25) is 9.59 Å². The molecule has 0 aliphatic heterocycles. The van der Waals surface area contributed by atoms with Crippen LogP contribution in [0.5, 0.6) is 0 Å². The SMILES string of the molecule is CCC(C)(C)C1CCC(NC(=O)Cn2nc(C)c(C)c(C#N)c2=O)CC1. The predicted octanol–water partition coefficient (Wildman–Crippen LogP) is 2.84. The number of hydrogen-bond donors (Lipinski definition) is 1. The van der Waals surface area contributed by atoms with Crippen molar-refractivity contribution in [1.29, 1.82) is 5.26 Å². The normalized spacial score (nSPS) is 20.5. The van der Waals surface area contributed by atoms with Crippen LogP contribution in [0.15, 0.2) is 4.79 Å². The fraction of sp³-hybridized carbons (Fsp3) is 0.700. The van der Waals surface area contributed by atoms with Gasteiger partial charge in [0, 0.05) is 6.04 Å². The molecule has 1 saturated carbocycles. The highest BCUT2D eigenvalue weighted by atomic mass is 16.2. The first-order chi connectivity index (χ1) is 12.2. The van der Waals surface area contributed by atoms with Crippen molar-refractivity contribution in [2.24, 2.45) is 11.3 Å². The lowest BCUT2D eigenvalue weighted by atomic mass is 9.69. The molecule has 6 heteroatoms. The van der Waals surface area contributed by atoms with Gasteiger partial charge in [0.2, 0.25) is 5.91 Å². The molecular weight excluding hydrogens is 328 g/mol. The number of nitrogens with one attached hydrogen (secondary N) is 1. The molecule has 1 amide bonds. The van der Waals surface area contributed by atoms with Gasteiger partial charge in [-0.25, -0.2) is 4.68 Å². The van der Waals surface area contributed by atoms with E-state index in [4.69, 9.17) is 5.26 Å². The van der Waals surface area contributed by atoms with E-state index >= 15 is 0 Å². The van der Waals surface area contributed by atoms with E-state index in [1.807, 2.05) is 6.07 Å². The third-order valence-electron chi connectivity index (χ3n) is 6.15. The van der Waals surface area contributed by atoms with Gasteiger partial charge in [0.25, 0.3) is 5.56 Å². The van der Waals surface area contributed by atoms with E-state index in [0.717, 1.165) is 36.8 Å². The summed E-state index contributed by atoms with van der Waals surface area (Å²) in [4.78, 5) is 24.7. The maximum absolute atomic E-state index is 12.4. The molecule has 6 nitrogen and oxygen atoms in total. The third kappa shape index (κ3) is 4.32. The van der Waals surface area contributed by atoms with Gasteiger partial charge in [0.05, 0.1) is 5.69 Å². The lowest BCUT2D eigenvalue weighted by Gasteiger charge is -2.39. The minimum absolute atomic E-state index is 0.0626. The first kappa shape index (κ1) is 20.2. The Balaban J connectivity index is 1.98. The lowest BCUT2D eigenvalue weighted by molar-refractivity contribution is -0.123. The van der Waals surface area contributed by atoms with Crippen molar-refractivity contribution in [3.8, 4) is 6.07 Å². The summed E-state index contributed by atoms with van der Waals surface area (Å²) in [7, 11) is 0. The number of nitrogens with zero attached hydrogens (tertiary/aromatic N) is 3. The summed E-state index contributed by atoms with van der Waals surface area (Å²) in [6.45, 7) is 10.2. The zero-order chi connectivity index (χ0) is 19.5. The fourth-order valence-corrected chi connectivity index (χ4v) is 3.73. The second kappa shape index (κ2) is 8.03. The molecule has 26 heavy (non-hydrogen) atoms. The molecule has 0 radical (unpaired) electrons. The molecular formula is C20H30N4O2. The number of rotatable bonds is 5. The number of aromatic nitrogens is 2. The number of aryl methyl sites for hydroxylation is 1. The van der Waals surface area contributed by atoms with E-state index in [9.17, 15) is 9.59 Å². The van der Waals surface area contributed by atoms with Crippen molar-refractivity contribution in [2.75, 3.05) is 0 Å². The molecule has 1 N–H and O–H groups in total. The van der Waals surface area contributed by atoms with Crippen molar-refractivity contribution < 1.29 is 4.79 Å². The molecule has 1 heterocycles. The average molecular weight is 358 g/mol. The number of carbonyl (C=O) groups excluding carboxylic acids is 1. The maximum Gasteiger partial charge on any atom is 0.285 e. The van der Waals surface area contributed by atoms with Gasteiger partial charge in [0.15, 0.2) is 0 Å². The minimum Gasteiger partial charge on any atom is -0.352 e. The Kier molecular flexibility index (Phi) is 6.22. The van der Waals surface area contributed by atoms with Crippen LogP contribution in [0.2, 0.25) is 0 Å². The van der Waals surface area contributed by atoms with Gasteiger partial charge in [0.1, 0.15) is 18.2 Å². The fourth-order valence-electron chi connectivity index (χ4n) is 3.73. The molecule has 1 aromatic rings. The molecule has 0 unspecified atom stereocenters. The molecule has 0 saturated heterocycles. The van der Waals surface area contributed by atoms with Crippen molar-refractivity contribution in [1.82, 2.24) is 15.1 Å². The van der Waals surface area contributed by atoms with E-state index in [-0.39, 0.29) is 24.1 Å². The molecule has 1 aliphatic rings. The topological polar surface area (TPSA) is 87.8 Å². The minimum atomic E-state index is -0.501.